The molecular formula is C20H18N2O6S2. The molecule has 2 N–H and O–H groups in total. The van der Waals surface area contributed by atoms with Gasteiger partial charge in [-0.2, -0.15) is 0 Å². The Morgan fingerprint density at radius 2 is 2.07 bits per heavy atom. The minimum atomic E-state index is -1.34. The number of amides is 1. The number of carbonyl (C=O) groups is 3. The van der Waals surface area contributed by atoms with Crippen LogP contribution in [-0.2, 0) is 14.4 Å². The van der Waals surface area contributed by atoms with Crippen molar-refractivity contribution >= 4 is 63.1 Å². The van der Waals surface area contributed by atoms with Crippen molar-refractivity contribution in [2.24, 2.45) is 0 Å². The third-order valence-electron chi connectivity index (χ3n) is 4.34. The average molecular weight is 447 g/mol. The van der Waals surface area contributed by atoms with Gasteiger partial charge in [0.25, 0.3) is 5.91 Å². The van der Waals surface area contributed by atoms with Crippen LogP contribution in [0, 0.1) is 0 Å². The maximum Gasteiger partial charge on any atom is 0.326 e. The molecule has 1 unspecified atom stereocenters. The largest absolute Gasteiger partial charge is 0.492 e. The number of para-hydroxylation sites is 1. The minimum Gasteiger partial charge on any atom is -0.492 e. The van der Waals surface area contributed by atoms with Gasteiger partial charge in [0.2, 0.25) is 0 Å². The Morgan fingerprint density at radius 1 is 1.30 bits per heavy atom. The molecule has 1 aromatic carbocycles. The lowest BCUT2D eigenvalue weighted by Gasteiger charge is -2.22. The second-order valence-corrected chi connectivity index (χ2v) is 8.01. The van der Waals surface area contributed by atoms with Crippen LogP contribution in [0.4, 0.5) is 0 Å². The fraction of sp³-hybridized carbons (Fsp3) is 0.250. The maximum absolute atomic E-state index is 12.8. The zero-order valence-electron chi connectivity index (χ0n) is 15.9. The van der Waals surface area contributed by atoms with Gasteiger partial charge in [0.1, 0.15) is 21.6 Å². The number of carboxylic acids is 2. The molecule has 0 bridgehead atoms. The van der Waals surface area contributed by atoms with Crippen molar-refractivity contribution in [2.45, 2.75) is 25.8 Å². The van der Waals surface area contributed by atoms with E-state index in [4.69, 9.17) is 22.1 Å². The van der Waals surface area contributed by atoms with E-state index >= 15 is 0 Å². The number of carbonyl (C=O) groups excluding carboxylic acids is 1. The molecule has 3 rings (SSSR count). The van der Waals surface area contributed by atoms with Gasteiger partial charge in [-0.05, 0) is 31.6 Å². The molecule has 10 heteroatoms. The van der Waals surface area contributed by atoms with Gasteiger partial charge in [-0.3, -0.25) is 14.5 Å². The van der Waals surface area contributed by atoms with Crippen LogP contribution in [0.1, 0.15) is 25.5 Å². The van der Waals surface area contributed by atoms with Crippen LogP contribution >= 0.6 is 24.0 Å². The Hall–Kier alpha value is -2.98. The lowest BCUT2D eigenvalue weighted by molar-refractivity contribution is -0.146. The first-order valence-electron chi connectivity index (χ1n) is 9.06. The van der Waals surface area contributed by atoms with E-state index in [1.165, 1.54) is 6.08 Å². The van der Waals surface area contributed by atoms with Crippen LogP contribution in [0.15, 0.2) is 35.2 Å². The summed E-state index contributed by atoms with van der Waals surface area (Å²) in [5.74, 6) is -2.41. The van der Waals surface area contributed by atoms with Crippen molar-refractivity contribution in [3.05, 3.63) is 40.9 Å². The third kappa shape index (κ3) is 4.60. The van der Waals surface area contributed by atoms with Gasteiger partial charge in [0.05, 0.1) is 17.2 Å². The highest BCUT2D eigenvalue weighted by Crippen LogP contribution is 2.35. The zero-order valence-corrected chi connectivity index (χ0v) is 17.5. The molecule has 1 atom stereocenters. The Labute approximate surface area is 181 Å². The van der Waals surface area contributed by atoms with Gasteiger partial charge < -0.3 is 14.9 Å². The minimum absolute atomic E-state index is 0.0693. The van der Waals surface area contributed by atoms with E-state index in [0.29, 0.717) is 23.6 Å². The molecule has 30 heavy (non-hydrogen) atoms. The fourth-order valence-electron chi connectivity index (χ4n) is 2.99. The van der Waals surface area contributed by atoms with E-state index in [1.54, 1.807) is 6.07 Å². The van der Waals surface area contributed by atoms with E-state index < -0.39 is 23.9 Å². The predicted molar refractivity (Wildman–Crippen MR) is 116 cm³/mol. The molecule has 156 valence electrons. The molecule has 8 nitrogen and oxygen atoms in total. The van der Waals surface area contributed by atoms with Gasteiger partial charge in [0, 0.05) is 11.8 Å². The monoisotopic (exact) mass is 446 g/mol. The Bertz CT molecular complexity index is 1070. The number of thioether (sulfide) groups is 1. The molecular weight excluding hydrogens is 428 g/mol. The van der Waals surface area contributed by atoms with E-state index in [0.717, 1.165) is 22.0 Å². The van der Waals surface area contributed by atoms with Gasteiger partial charge >= 0.3 is 11.9 Å². The van der Waals surface area contributed by atoms with Crippen molar-refractivity contribution in [3.8, 4) is 5.75 Å². The highest BCUT2D eigenvalue weighted by atomic mass is 32.2. The first-order chi connectivity index (χ1) is 14.3. The van der Waals surface area contributed by atoms with Crippen molar-refractivity contribution in [2.75, 3.05) is 6.61 Å². The smallest absolute Gasteiger partial charge is 0.326 e. The van der Waals surface area contributed by atoms with Gasteiger partial charge in [0.15, 0.2) is 0 Å². The van der Waals surface area contributed by atoms with E-state index in [9.17, 15) is 19.5 Å². The molecule has 1 fully saturated rings. The number of nitrogens with zero attached hydrogens (tertiary/aromatic N) is 2. The van der Waals surface area contributed by atoms with Crippen LogP contribution in [0.2, 0.25) is 0 Å². The molecule has 2 aromatic rings. The third-order valence-corrected chi connectivity index (χ3v) is 5.67. The number of hydrogen-bond acceptors (Lipinski definition) is 7. The summed E-state index contributed by atoms with van der Waals surface area (Å²) in [5, 5.41) is 19.2. The summed E-state index contributed by atoms with van der Waals surface area (Å²) < 4.78 is 5.68. The van der Waals surface area contributed by atoms with Crippen molar-refractivity contribution in [1.82, 2.24) is 9.88 Å². The zero-order chi connectivity index (χ0) is 21.8. The molecule has 2 heterocycles. The molecule has 1 aromatic heterocycles. The number of thiocarbonyl (C=S) groups is 1. The number of carboxylic acid groups (broad SMARTS) is 2. The summed E-state index contributed by atoms with van der Waals surface area (Å²) in [7, 11) is 0. The van der Waals surface area contributed by atoms with Crippen LogP contribution in [0.5, 0.6) is 5.75 Å². The normalized spacial score (nSPS) is 16.3. The Morgan fingerprint density at radius 3 is 2.73 bits per heavy atom. The van der Waals surface area contributed by atoms with Crippen molar-refractivity contribution in [3.63, 3.8) is 0 Å². The molecule has 0 spiro atoms. The highest BCUT2D eigenvalue weighted by molar-refractivity contribution is 8.26. The number of fused-ring (bicyclic) bond motifs is 1. The maximum atomic E-state index is 12.8. The molecule has 0 saturated carbocycles. The Kier molecular flexibility index (Phi) is 6.68. The van der Waals surface area contributed by atoms with E-state index in [2.05, 4.69) is 4.98 Å². The summed E-state index contributed by atoms with van der Waals surface area (Å²) >= 11 is 6.16. The summed E-state index contributed by atoms with van der Waals surface area (Å²) in [6.07, 6.45) is 0.910. The highest BCUT2D eigenvalue weighted by Gasteiger charge is 2.40. The van der Waals surface area contributed by atoms with Crippen LogP contribution < -0.4 is 4.74 Å². The van der Waals surface area contributed by atoms with Crippen LogP contribution in [-0.4, -0.2) is 54.9 Å². The van der Waals surface area contributed by atoms with Crippen molar-refractivity contribution in [1.29, 1.82) is 0 Å². The molecule has 1 amide bonds. The first kappa shape index (κ1) is 21.7. The summed E-state index contributed by atoms with van der Waals surface area (Å²) in [6, 6.07) is 7.82. The molecule has 0 aliphatic carbocycles. The number of rotatable bonds is 8. The average Bonchev–Trinajstić information content (AvgIpc) is 2.96. The van der Waals surface area contributed by atoms with E-state index in [1.807, 2.05) is 31.2 Å². The number of pyridine rings is 1. The SMILES string of the molecule is CCOc1cccc2ccc(C=C3SC(=S)N(C(CCC(=O)O)C(=O)O)C3=O)nc12. The number of benzene rings is 1. The van der Waals surface area contributed by atoms with Gasteiger partial charge in [-0.25, -0.2) is 9.78 Å². The lowest BCUT2D eigenvalue weighted by atomic mass is 10.1. The first-order valence-corrected chi connectivity index (χ1v) is 10.3. The Balaban J connectivity index is 1.92. The molecule has 1 aliphatic rings. The van der Waals surface area contributed by atoms with Gasteiger partial charge in [-0.15, -0.1) is 0 Å². The predicted octanol–water partition coefficient (Wildman–Crippen LogP) is 3.15. The molecule has 1 saturated heterocycles. The summed E-state index contributed by atoms with van der Waals surface area (Å²) in [4.78, 5) is 41.0. The van der Waals surface area contributed by atoms with Crippen molar-refractivity contribution < 1.29 is 29.3 Å². The summed E-state index contributed by atoms with van der Waals surface area (Å²) in [6.45, 7) is 2.36. The second-order valence-electron chi connectivity index (χ2n) is 6.34. The molecule has 1 aliphatic heterocycles. The topological polar surface area (TPSA) is 117 Å². The number of aliphatic carboxylic acids is 2. The van der Waals surface area contributed by atoms with Crippen LogP contribution in [0.25, 0.3) is 17.0 Å². The lowest BCUT2D eigenvalue weighted by Crippen LogP contribution is -2.44. The number of ether oxygens (including phenoxy) is 1. The summed E-state index contributed by atoms with van der Waals surface area (Å²) in [5.41, 5.74) is 1.14. The quantitative estimate of drug-likeness (QED) is 0.466. The van der Waals surface area contributed by atoms with Gasteiger partial charge in [-0.1, -0.05) is 42.2 Å². The fourth-order valence-corrected chi connectivity index (χ4v) is 4.33. The van der Waals surface area contributed by atoms with Crippen LogP contribution in [0.3, 0.4) is 0 Å². The van der Waals surface area contributed by atoms with E-state index in [-0.39, 0.29) is 22.1 Å². The second kappa shape index (κ2) is 9.23. The number of hydrogen-bond donors (Lipinski definition) is 2. The standard InChI is InChI=1S/C20H18N2O6S2/c1-2-28-14-5-3-4-11-6-7-12(21-17(11)14)10-15-18(25)22(20(29)30-15)13(19(26)27)8-9-16(23)24/h3-7,10,13H,2,8-9H2,1H3,(H,23,24)(H,26,27). The molecule has 0 radical (unpaired) electrons. The number of aromatic nitrogens is 1.